The van der Waals surface area contributed by atoms with Gasteiger partial charge in [0.05, 0.1) is 5.69 Å². The lowest BCUT2D eigenvalue weighted by molar-refractivity contribution is -0.121. The third kappa shape index (κ3) is 3.56. The first kappa shape index (κ1) is 14.8. The van der Waals surface area contributed by atoms with Crippen LogP contribution < -0.4 is 5.32 Å². The maximum atomic E-state index is 12.1. The van der Waals surface area contributed by atoms with Crippen LogP contribution in [-0.2, 0) is 18.3 Å². The molecule has 0 saturated heterocycles. The van der Waals surface area contributed by atoms with Gasteiger partial charge in [0.2, 0.25) is 5.91 Å². The molecular weight excluding hydrogens is 274 g/mol. The molecule has 116 valence electrons. The van der Waals surface area contributed by atoms with Crippen LogP contribution in [0, 0.1) is 0 Å². The summed E-state index contributed by atoms with van der Waals surface area (Å²) >= 11 is 0. The summed E-state index contributed by atoms with van der Waals surface area (Å²) in [5.41, 5.74) is 3.22. The van der Waals surface area contributed by atoms with Crippen molar-refractivity contribution in [3.05, 3.63) is 42.1 Å². The Bertz CT molecular complexity index is 627. The zero-order valence-electron chi connectivity index (χ0n) is 13.1. The van der Waals surface area contributed by atoms with Crippen molar-refractivity contribution in [2.75, 3.05) is 0 Å². The highest BCUT2D eigenvalue weighted by atomic mass is 16.1. The van der Waals surface area contributed by atoms with E-state index in [0.717, 1.165) is 36.1 Å². The van der Waals surface area contributed by atoms with Gasteiger partial charge in [-0.3, -0.25) is 9.48 Å². The van der Waals surface area contributed by atoms with Gasteiger partial charge in [-0.1, -0.05) is 43.2 Å². The first-order chi connectivity index (χ1) is 10.7. The van der Waals surface area contributed by atoms with Gasteiger partial charge in [-0.05, 0) is 24.8 Å². The van der Waals surface area contributed by atoms with Crippen molar-refractivity contribution in [2.24, 2.45) is 7.05 Å². The summed E-state index contributed by atoms with van der Waals surface area (Å²) in [5.74, 6) is 0.162. The molecule has 2 aromatic rings. The number of nitrogens with one attached hydrogen (secondary N) is 1. The molecule has 1 amide bonds. The summed E-state index contributed by atoms with van der Waals surface area (Å²) in [5, 5.41) is 7.70. The lowest BCUT2D eigenvalue weighted by atomic mass is 10.0. The van der Waals surface area contributed by atoms with Crippen molar-refractivity contribution in [2.45, 2.75) is 44.6 Å². The van der Waals surface area contributed by atoms with E-state index in [-0.39, 0.29) is 5.91 Å². The van der Waals surface area contributed by atoms with Gasteiger partial charge >= 0.3 is 0 Å². The highest BCUT2D eigenvalue weighted by molar-refractivity contribution is 5.77. The predicted molar refractivity (Wildman–Crippen MR) is 87.4 cm³/mol. The first-order valence-corrected chi connectivity index (χ1v) is 8.09. The van der Waals surface area contributed by atoms with E-state index in [2.05, 4.69) is 22.5 Å². The quantitative estimate of drug-likeness (QED) is 0.922. The number of rotatable bonds is 5. The Morgan fingerprint density at radius 1 is 1.27 bits per heavy atom. The Morgan fingerprint density at radius 3 is 2.73 bits per heavy atom. The summed E-state index contributed by atoms with van der Waals surface area (Å²) in [4.78, 5) is 12.1. The second-order valence-electron chi connectivity index (χ2n) is 6.09. The third-order valence-corrected chi connectivity index (χ3v) is 4.29. The number of nitrogens with zero attached hydrogens (tertiary/aromatic N) is 2. The minimum absolute atomic E-state index is 0.162. The number of hydrogen-bond acceptors (Lipinski definition) is 2. The molecule has 1 N–H and O–H groups in total. The highest BCUT2D eigenvalue weighted by Crippen LogP contribution is 2.23. The molecule has 1 saturated carbocycles. The SMILES string of the molecule is Cn1cc(CCC(=O)NC2CCCC2)c(-c2ccccc2)n1. The fourth-order valence-corrected chi connectivity index (χ4v) is 3.18. The summed E-state index contributed by atoms with van der Waals surface area (Å²) in [6, 6.07) is 10.5. The lowest BCUT2D eigenvalue weighted by Crippen LogP contribution is -2.32. The highest BCUT2D eigenvalue weighted by Gasteiger charge is 2.17. The van der Waals surface area contributed by atoms with Crippen molar-refractivity contribution in [3.63, 3.8) is 0 Å². The van der Waals surface area contributed by atoms with E-state index in [1.165, 1.54) is 12.8 Å². The van der Waals surface area contributed by atoms with Crippen LogP contribution >= 0.6 is 0 Å². The second kappa shape index (κ2) is 6.77. The molecule has 0 radical (unpaired) electrons. The van der Waals surface area contributed by atoms with Crippen molar-refractivity contribution in [1.29, 1.82) is 0 Å². The van der Waals surface area contributed by atoms with Crippen LogP contribution in [0.4, 0.5) is 0 Å². The van der Waals surface area contributed by atoms with Crippen LogP contribution in [-0.4, -0.2) is 21.7 Å². The molecule has 0 aliphatic heterocycles. The summed E-state index contributed by atoms with van der Waals surface area (Å²) in [7, 11) is 1.93. The molecule has 3 rings (SSSR count). The molecule has 0 spiro atoms. The molecule has 1 aliphatic carbocycles. The molecular formula is C18H23N3O. The number of carbonyl (C=O) groups excluding carboxylic acids is 1. The third-order valence-electron chi connectivity index (χ3n) is 4.29. The minimum Gasteiger partial charge on any atom is -0.353 e. The number of amides is 1. The van der Waals surface area contributed by atoms with Gasteiger partial charge < -0.3 is 5.32 Å². The van der Waals surface area contributed by atoms with Crippen LogP contribution in [0.1, 0.15) is 37.7 Å². The van der Waals surface area contributed by atoms with Crippen LogP contribution in [0.2, 0.25) is 0 Å². The van der Waals surface area contributed by atoms with E-state index >= 15 is 0 Å². The predicted octanol–water partition coefficient (Wildman–Crippen LogP) is 3.08. The maximum absolute atomic E-state index is 12.1. The number of carbonyl (C=O) groups is 1. The van der Waals surface area contributed by atoms with Gasteiger partial charge in [0, 0.05) is 31.3 Å². The van der Waals surface area contributed by atoms with Crippen LogP contribution in [0.5, 0.6) is 0 Å². The molecule has 0 unspecified atom stereocenters. The monoisotopic (exact) mass is 297 g/mol. The van der Waals surface area contributed by atoms with Crippen LogP contribution in [0.25, 0.3) is 11.3 Å². The largest absolute Gasteiger partial charge is 0.353 e. The molecule has 0 atom stereocenters. The molecule has 22 heavy (non-hydrogen) atoms. The number of hydrogen-bond donors (Lipinski definition) is 1. The Kier molecular flexibility index (Phi) is 4.56. The first-order valence-electron chi connectivity index (χ1n) is 8.09. The van der Waals surface area contributed by atoms with E-state index in [4.69, 9.17) is 0 Å². The maximum Gasteiger partial charge on any atom is 0.220 e. The zero-order chi connectivity index (χ0) is 15.4. The van der Waals surface area contributed by atoms with Crippen LogP contribution in [0.3, 0.4) is 0 Å². The van der Waals surface area contributed by atoms with E-state index in [1.807, 2.05) is 36.1 Å². The van der Waals surface area contributed by atoms with Crippen molar-refractivity contribution in [3.8, 4) is 11.3 Å². The Morgan fingerprint density at radius 2 is 2.00 bits per heavy atom. The van der Waals surface area contributed by atoms with Gasteiger partial charge in [-0.15, -0.1) is 0 Å². The fraction of sp³-hybridized carbons (Fsp3) is 0.444. The van der Waals surface area contributed by atoms with Crippen LogP contribution in [0.15, 0.2) is 36.5 Å². The Hall–Kier alpha value is -2.10. The average Bonchev–Trinajstić information content (AvgIpc) is 3.15. The second-order valence-corrected chi connectivity index (χ2v) is 6.09. The Balaban J connectivity index is 1.64. The van der Waals surface area contributed by atoms with E-state index in [9.17, 15) is 4.79 Å². The molecule has 1 aromatic carbocycles. The smallest absolute Gasteiger partial charge is 0.220 e. The molecule has 1 aliphatic rings. The summed E-state index contributed by atoms with van der Waals surface area (Å²) in [6.45, 7) is 0. The molecule has 1 aromatic heterocycles. The van der Waals surface area contributed by atoms with Gasteiger partial charge in [-0.25, -0.2) is 0 Å². The zero-order valence-corrected chi connectivity index (χ0v) is 13.1. The average molecular weight is 297 g/mol. The van der Waals surface area contributed by atoms with E-state index < -0.39 is 0 Å². The van der Waals surface area contributed by atoms with Gasteiger partial charge in [0.15, 0.2) is 0 Å². The van der Waals surface area contributed by atoms with E-state index in [0.29, 0.717) is 12.5 Å². The molecule has 1 fully saturated rings. The fourth-order valence-electron chi connectivity index (χ4n) is 3.18. The molecule has 0 bridgehead atoms. The molecule has 1 heterocycles. The van der Waals surface area contributed by atoms with Crippen molar-refractivity contribution in [1.82, 2.24) is 15.1 Å². The number of aryl methyl sites for hydroxylation is 2. The number of benzene rings is 1. The molecule has 4 nitrogen and oxygen atoms in total. The van der Waals surface area contributed by atoms with Gasteiger partial charge in [0.25, 0.3) is 0 Å². The van der Waals surface area contributed by atoms with Crippen molar-refractivity contribution >= 4 is 5.91 Å². The number of aromatic nitrogens is 2. The van der Waals surface area contributed by atoms with E-state index in [1.54, 1.807) is 0 Å². The molecule has 4 heteroatoms. The van der Waals surface area contributed by atoms with Gasteiger partial charge in [-0.2, -0.15) is 5.10 Å². The topological polar surface area (TPSA) is 46.9 Å². The van der Waals surface area contributed by atoms with Crippen molar-refractivity contribution < 1.29 is 4.79 Å². The Labute approximate surface area is 131 Å². The minimum atomic E-state index is 0.162. The normalized spacial score (nSPS) is 15.1. The summed E-state index contributed by atoms with van der Waals surface area (Å²) in [6.07, 6.45) is 8.03. The lowest BCUT2D eigenvalue weighted by Gasteiger charge is -2.11. The summed E-state index contributed by atoms with van der Waals surface area (Å²) < 4.78 is 1.83. The standard InChI is InChI=1S/C18H23N3O/c1-21-13-15(18(20-21)14-7-3-2-4-8-14)11-12-17(22)19-16-9-5-6-10-16/h2-4,7-8,13,16H,5-6,9-12H2,1H3,(H,19,22). The van der Waals surface area contributed by atoms with Gasteiger partial charge in [0.1, 0.15) is 0 Å².